The summed E-state index contributed by atoms with van der Waals surface area (Å²) in [6.45, 7) is 10.8. The van der Waals surface area contributed by atoms with E-state index in [1.807, 2.05) is 23.5 Å². The number of hydrogen-bond donors (Lipinski definition) is 1. The van der Waals surface area contributed by atoms with Gasteiger partial charge in [-0.3, -0.25) is 4.68 Å². The van der Waals surface area contributed by atoms with E-state index in [-0.39, 0.29) is 0 Å². The molecule has 0 amide bonds. The third-order valence-electron chi connectivity index (χ3n) is 3.90. The normalized spacial score (nSPS) is 13.0. The molecule has 0 saturated carbocycles. The number of aromatic nitrogens is 2. The highest BCUT2D eigenvalue weighted by atomic mass is 32.2. The lowest BCUT2D eigenvalue weighted by Gasteiger charge is -2.28. The highest BCUT2D eigenvalue weighted by Crippen LogP contribution is 2.25. The second-order valence-corrected chi connectivity index (χ2v) is 7.26. The van der Waals surface area contributed by atoms with E-state index in [1.54, 1.807) is 0 Å². The van der Waals surface area contributed by atoms with Crippen LogP contribution in [0.3, 0.4) is 0 Å². The lowest BCUT2D eigenvalue weighted by Crippen LogP contribution is -2.32. The van der Waals surface area contributed by atoms with Crippen molar-refractivity contribution in [2.75, 3.05) is 30.5 Å². The maximum Gasteiger partial charge on any atom is 0.131 e. The van der Waals surface area contributed by atoms with Gasteiger partial charge >= 0.3 is 0 Å². The van der Waals surface area contributed by atoms with Gasteiger partial charge in [-0.25, -0.2) is 0 Å². The fourth-order valence-corrected chi connectivity index (χ4v) is 3.09. The zero-order valence-corrected chi connectivity index (χ0v) is 15.5. The minimum atomic E-state index is 0.524. The molecular weight excluding hydrogens is 280 g/mol. The Morgan fingerprint density at radius 2 is 2.00 bits per heavy atom. The van der Waals surface area contributed by atoms with Crippen molar-refractivity contribution >= 4 is 17.6 Å². The third-order valence-corrected chi connectivity index (χ3v) is 4.55. The number of nitrogens with zero attached hydrogens (tertiary/aromatic N) is 3. The Morgan fingerprint density at radius 1 is 1.33 bits per heavy atom. The Morgan fingerprint density at radius 3 is 2.57 bits per heavy atom. The van der Waals surface area contributed by atoms with Gasteiger partial charge in [0.2, 0.25) is 0 Å². The molecule has 4 nitrogen and oxygen atoms in total. The lowest BCUT2D eigenvalue weighted by atomic mass is 10.1. The van der Waals surface area contributed by atoms with E-state index in [2.05, 4.69) is 56.3 Å². The number of nitrogens with one attached hydrogen (secondary N) is 1. The molecule has 5 heteroatoms. The summed E-state index contributed by atoms with van der Waals surface area (Å²) in [5, 5.41) is 8.17. The summed E-state index contributed by atoms with van der Waals surface area (Å²) in [4.78, 5) is 2.38. The van der Waals surface area contributed by atoms with Crippen LogP contribution in [0.5, 0.6) is 0 Å². The van der Waals surface area contributed by atoms with Crippen molar-refractivity contribution in [3.05, 3.63) is 11.3 Å². The van der Waals surface area contributed by atoms with Gasteiger partial charge in [0.1, 0.15) is 5.82 Å². The van der Waals surface area contributed by atoms with Gasteiger partial charge < -0.3 is 10.2 Å². The quantitative estimate of drug-likeness (QED) is 0.760. The molecule has 0 saturated heterocycles. The number of anilines is 1. The molecule has 122 valence electrons. The van der Waals surface area contributed by atoms with Crippen molar-refractivity contribution in [2.24, 2.45) is 13.0 Å². The Hall–Kier alpha value is -0.680. The van der Waals surface area contributed by atoms with Gasteiger partial charge in [-0.05, 0) is 44.7 Å². The molecule has 0 bridgehead atoms. The number of aryl methyl sites for hydroxylation is 2. The van der Waals surface area contributed by atoms with E-state index in [1.165, 1.54) is 23.6 Å². The fourth-order valence-electron chi connectivity index (χ4n) is 2.51. The van der Waals surface area contributed by atoms with Gasteiger partial charge in [-0.2, -0.15) is 16.9 Å². The fraction of sp³-hybridized carbons (Fsp3) is 0.812. The van der Waals surface area contributed by atoms with Crippen LogP contribution in [0.2, 0.25) is 0 Å². The summed E-state index contributed by atoms with van der Waals surface area (Å²) in [5.74, 6) is 3.12. The smallest absolute Gasteiger partial charge is 0.131 e. The number of hydrogen-bond acceptors (Lipinski definition) is 4. The highest BCUT2D eigenvalue weighted by Gasteiger charge is 2.20. The summed E-state index contributed by atoms with van der Waals surface area (Å²) in [5.41, 5.74) is 2.46. The summed E-state index contributed by atoms with van der Waals surface area (Å²) < 4.78 is 2.03. The SMILES string of the molecule is CSCCC(C)N(C)c1c(CNCC(C)C)c(C)nn1C. The topological polar surface area (TPSA) is 33.1 Å². The molecule has 1 unspecified atom stereocenters. The van der Waals surface area contributed by atoms with E-state index in [0.717, 1.165) is 18.8 Å². The predicted octanol–water partition coefficient (Wildman–Crippen LogP) is 3.05. The number of rotatable bonds is 9. The first-order valence-corrected chi connectivity index (χ1v) is 9.22. The number of thioether (sulfide) groups is 1. The molecule has 1 N–H and O–H groups in total. The Labute approximate surface area is 134 Å². The monoisotopic (exact) mass is 312 g/mol. The van der Waals surface area contributed by atoms with Crippen LogP contribution < -0.4 is 10.2 Å². The molecule has 21 heavy (non-hydrogen) atoms. The molecule has 0 spiro atoms. The average Bonchev–Trinajstić information content (AvgIpc) is 2.69. The van der Waals surface area contributed by atoms with Crippen LogP contribution in [0.15, 0.2) is 0 Å². The van der Waals surface area contributed by atoms with Gasteiger partial charge in [0, 0.05) is 32.2 Å². The van der Waals surface area contributed by atoms with Crippen molar-refractivity contribution in [1.29, 1.82) is 0 Å². The molecule has 0 aliphatic carbocycles. The largest absolute Gasteiger partial charge is 0.357 e. The Balaban J connectivity index is 2.84. The second kappa shape index (κ2) is 8.69. The van der Waals surface area contributed by atoms with Crippen molar-refractivity contribution in [3.8, 4) is 0 Å². The van der Waals surface area contributed by atoms with Crippen molar-refractivity contribution in [3.63, 3.8) is 0 Å². The van der Waals surface area contributed by atoms with E-state index in [0.29, 0.717) is 12.0 Å². The predicted molar refractivity (Wildman–Crippen MR) is 95.4 cm³/mol. The Kier molecular flexibility index (Phi) is 7.60. The van der Waals surface area contributed by atoms with Crippen molar-refractivity contribution in [1.82, 2.24) is 15.1 Å². The molecule has 0 aliphatic rings. The van der Waals surface area contributed by atoms with Crippen LogP contribution in [0, 0.1) is 12.8 Å². The maximum absolute atomic E-state index is 4.62. The molecule has 0 radical (unpaired) electrons. The third kappa shape index (κ3) is 5.22. The van der Waals surface area contributed by atoms with Gasteiger partial charge in [0.05, 0.1) is 5.69 Å². The van der Waals surface area contributed by atoms with Crippen LogP contribution in [-0.2, 0) is 13.6 Å². The van der Waals surface area contributed by atoms with Gasteiger partial charge in [0.15, 0.2) is 0 Å². The minimum Gasteiger partial charge on any atom is -0.357 e. The zero-order chi connectivity index (χ0) is 16.0. The average molecular weight is 313 g/mol. The van der Waals surface area contributed by atoms with Crippen LogP contribution in [0.25, 0.3) is 0 Å². The van der Waals surface area contributed by atoms with E-state index in [4.69, 9.17) is 0 Å². The van der Waals surface area contributed by atoms with Gasteiger partial charge in [-0.15, -0.1) is 0 Å². The maximum atomic E-state index is 4.62. The van der Waals surface area contributed by atoms with Crippen LogP contribution in [0.4, 0.5) is 5.82 Å². The van der Waals surface area contributed by atoms with Crippen molar-refractivity contribution in [2.45, 2.75) is 46.7 Å². The second-order valence-electron chi connectivity index (χ2n) is 6.28. The molecule has 1 heterocycles. The molecule has 0 aliphatic heterocycles. The summed E-state index contributed by atoms with van der Waals surface area (Å²) in [6, 6.07) is 0.524. The summed E-state index contributed by atoms with van der Waals surface area (Å²) >= 11 is 1.91. The molecular formula is C16H32N4S. The standard InChI is InChI=1S/C16H32N4S/c1-12(2)10-17-11-15-14(4)18-20(6)16(15)19(5)13(3)8-9-21-7/h12-13,17H,8-11H2,1-7H3. The van der Waals surface area contributed by atoms with E-state index >= 15 is 0 Å². The Bertz CT molecular complexity index is 428. The summed E-state index contributed by atoms with van der Waals surface area (Å²) in [7, 11) is 4.24. The lowest BCUT2D eigenvalue weighted by molar-refractivity contribution is 0.550. The first-order valence-electron chi connectivity index (χ1n) is 7.83. The van der Waals surface area contributed by atoms with Gasteiger partial charge in [0.25, 0.3) is 0 Å². The van der Waals surface area contributed by atoms with Gasteiger partial charge in [-0.1, -0.05) is 13.8 Å². The van der Waals surface area contributed by atoms with Crippen LogP contribution in [-0.4, -0.2) is 41.4 Å². The molecule has 0 fully saturated rings. The molecule has 1 aromatic rings. The van der Waals surface area contributed by atoms with Crippen LogP contribution in [0.1, 0.15) is 38.4 Å². The first-order chi connectivity index (χ1) is 9.88. The minimum absolute atomic E-state index is 0.524. The molecule has 0 aromatic carbocycles. The zero-order valence-electron chi connectivity index (χ0n) is 14.7. The molecule has 1 rings (SSSR count). The van der Waals surface area contributed by atoms with Crippen LogP contribution >= 0.6 is 11.8 Å². The summed E-state index contributed by atoms with van der Waals surface area (Å²) in [6.07, 6.45) is 3.36. The first kappa shape index (κ1) is 18.4. The molecule has 1 atom stereocenters. The van der Waals surface area contributed by atoms with E-state index in [9.17, 15) is 0 Å². The highest BCUT2D eigenvalue weighted by molar-refractivity contribution is 7.98. The van der Waals surface area contributed by atoms with Crippen molar-refractivity contribution < 1.29 is 0 Å². The van der Waals surface area contributed by atoms with E-state index < -0.39 is 0 Å². The molecule has 1 aromatic heterocycles.